The highest BCUT2D eigenvalue weighted by molar-refractivity contribution is 5.60. The summed E-state index contributed by atoms with van der Waals surface area (Å²) in [5.41, 5.74) is 2.17. The molecule has 1 aliphatic heterocycles. The van der Waals surface area contributed by atoms with Crippen molar-refractivity contribution in [3.05, 3.63) is 47.4 Å². The molecule has 0 unspecified atom stereocenters. The number of aromatic nitrogens is 2. The summed E-state index contributed by atoms with van der Waals surface area (Å²) in [6, 6.07) is 8.04. The van der Waals surface area contributed by atoms with Crippen LogP contribution in [0.25, 0.3) is 0 Å². The maximum atomic E-state index is 13.8. The maximum Gasteiger partial charge on any atom is 0.318 e. The molecule has 1 aliphatic rings. The van der Waals surface area contributed by atoms with Gasteiger partial charge in [-0.1, -0.05) is 29.8 Å². The molecule has 1 aromatic carbocycles. The smallest absolute Gasteiger partial charge is 0.318 e. The third kappa shape index (κ3) is 4.48. The van der Waals surface area contributed by atoms with E-state index in [1.54, 1.807) is 6.34 Å². The summed E-state index contributed by atoms with van der Waals surface area (Å²) < 4.78 is 24.6. The Bertz CT molecular complexity index is 700. The Balaban J connectivity index is 1.64. The third-order valence-corrected chi connectivity index (χ3v) is 3.58. The highest BCUT2D eigenvalue weighted by Crippen LogP contribution is 2.17. The van der Waals surface area contributed by atoms with E-state index >= 15 is 0 Å². The number of morpholine rings is 1. The molecule has 0 atom stereocenters. The van der Waals surface area contributed by atoms with Gasteiger partial charge in [0.1, 0.15) is 6.61 Å². The Morgan fingerprint density at radius 3 is 2.79 bits per heavy atom. The zero-order valence-corrected chi connectivity index (χ0v) is 13.5. The predicted octanol–water partition coefficient (Wildman–Crippen LogP) is 2.50. The monoisotopic (exact) mass is 330 g/mol. The second-order valence-electron chi connectivity index (χ2n) is 5.49. The van der Waals surface area contributed by atoms with Crippen molar-refractivity contribution in [2.75, 3.05) is 26.3 Å². The SMILES string of the molecule is Cc1ccc(COc2ncc(F)c(/N=C/N3CCOCC3)n2)cc1. The number of hydrogen-bond donors (Lipinski definition) is 0. The van der Waals surface area contributed by atoms with E-state index in [1.165, 1.54) is 5.56 Å². The summed E-state index contributed by atoms with van der Waals surface area (Å²) in [6.07, 6.45) is 2.65. The number of aryl methyl sites for hydroxylation is 1. The van der Waals surface area contributed by atoms with Crippen molar-refractivity contribution in [2.24, 2.45) is 4.99 Å². The standard InChI is InChI=1S/C17H19FN4O2/c1-13-2-4-14(5-3-13)11-24-17-19-10-15(18)16(21-17)20-12-22-6-8-23-9-7-22/h2-5,10,12H,6-9,11H2,1H3/b20-12+. The lowest BCUT2D eigenvalue weighted by molar-refractivity contribution is 0.0701. The molecule has 1 aromatic heterocycles. The number of halogens is 1. The number of nitrogens with zero attached hydrogens (tertiary/aromatic N) is 4. The largest absolute Gasteiger partial charge is 0.459 e. The van der Waals surface area contributed by atoms with Crippen LogP contribution in [0.2, 0.25) is 0 Å². The maximum absolute atomic E-state index is 13.8. The van der Waals surface area contributed by atoms with Gasteiger partial charge >= 0.3 is 6.01 Å². The second-order valence-corrected chi connectivity index (χ2v) is 5.49. The quantitative estimate of drug-likeness (QED) is 0.623. The first-order chi connectivity index (χ1) is 11.7. The van der Waals surface area contributed by atoms with Gasteiger partial charge in [-0.25, -0.2) is 14.4 Å². The van der Waals surface area contributed by atoms with Crippen molar-refractivity contribution in [1.82, 2.24) is 14.9 Å². The van der Waals surface area contributed by atoms with Gasteiger partial charge in [0.25, 0.3) is 0 Å². The molecule has 0 saturated carbocycles. The summed E-state index contributed by atoms with van der Waals surface area (Å²) in [5, 5.41) is 0. The van der Waals surface area contributed by atoms with E-state index in [1.807, 2.05) is 36.1 Å². The average molecular weight is 330 g/mol. The molecule has 1 fully saturated rings. The Morgan fingerprint density at radius 1 is 1.29 bits per heavy atom. The molecule has 1 saturated heterocycles. The van der Waals surface area contributed by atoms with Gasteiger partial charge in [-0.05, 0) is 12.5 Å². The summed E-state index contributed by atoms with van der Waals surface area (Å²) >= 11 is 0. The highest BCUT2D eigenvalue weighted by Gasteiger charge is 2.09. The second kappa shape index (κ2) is 7.83. The zero-order chi connectivity index (χ0) is 16.8. The van der Waals surface area contributed by atoms with E-state index in [-0.39, 0.29) is 11.8 Å². The molecular weight excluding hydrogens is 311 g/mol. The lowest BCUT2D eigenvalue weighted by atomic mass is 10.2. The van der Waals surface area contributed by atoms with E-state index in [0.29, 0.717) is 19.8 Å². The molecule has 0 N–H and O–H groups in total. The fourth-order valence-electron chi connectivity index (χ4n) is 2.16. The van der Waals surface area contributed by atoms with Crippen LogP contribution in [0.3, 0.4) is 0 Å². The van der Waals surface area contributed by atoms with E-state index in [4.69, 9.17) is 9.47 Å². The minimum atomic E-state index is -0.581. The van der Waals surface area contributed by atoms with Crippen LogP contribution in [0, 0.1) is 12.7 Å². The van der Waals surface area contributed by atoms with Gasteiger partial charge in [0, 0.05) is 13.1 Å². The van der Waals surface area contributed by atoms with Crippen LogP contribution in [0.15, 0.2) is 35.5 Å². The van der Waals surface area contributed by atoms with Crippen molar-refractivity contribution < 1.29 is 13.9 Å². The third-order valence-electron chi connectivity index (χ3n) is 3.58. The number of ether oxygens (including phenoxy) is 2. The Kier molecular flexibility index (Phi) is 5.32. The average Bonchev–Trinajstić information content (AvgIpc) is 2.62. The van der Waals surface area contributed by atoms with Crippen LogP contribution >= 0.6 is 0 Å². The Hall–Kier alpha value is -2.54. The van der Waals surface area contributed by atoms with Gasteiger partial charge in [0.2, 0.25) is 0 Å². The van der Waals surface area contributed by atoms with Gasteiger partial charge in [0.05, 0.1) is 25.7 Å². The molecule has 3 rings (SSSR count). The molecule has 2 heterocycles. The van der Waals surface area contributed by atoms with Crippen LogP contribution in [0.4, 0.5) is 10.2 Å². The fourth-order valence-corrected chi connectivity index (χ4v) is 2.16. The number of hydrogen-bond acceptors (Lipinski definition) is 5. The van der Waals surface area contributed by atoms with Crippen molar-refractivity contribution >= 4 is 12.2 Å². The molecule has 2 aromatic rings. The number of aliphatic imine (C=N–C) groups is 1. The first kappa shape index (κ1) is 16.3. The van der Waals surface area contributed by atoms with Crippen LogP contribution < -0.4 is 4.74 Å². The molecule has 126 valence electrons. The summed E-state index contributed by atoms with van der Waals surface area (Å²) in [6.45, 7) is 5.08. The molecule has 24 heavy (non-hydrogen) atoms. The van der Waals surface area contributed by atoms with Crippen LogP contribution in [0.1, 0.15) is 11.1 Å². The summed E-state index contributed by atoms with van der Waals surface area (Å²) in [7, 11) is 0. The topological polar surface area (TPSA) is 59.8 Å². The minimum absolute atomic E-state index is 0.0320. The minimum Gasteiger partial charge on any atom is -0.459 e. The molecule has 0 radical (unpaired) electrons. The molecule has 0 amide bonds. The normalized spacial score (nSPS) is 15.0. The zero-order valence-electron chi connectivity index (χ0n) is 13.5. The van der Waals surface area contributed by atoms with E-state index in [0.717, 1.165) is 24.8 Å². The number of rotatable bonds is 5. The lowest BCUT2D eigenvalue weighted by Crippen LogP contribution is -2.35. The van der Waals surface area contributed by atoms with E-state index < -0.39 is 5.82 Å². The van der Waals surface area contributed by atoms with Crippen LogP contribution in [0.5, 0.6) is 6.01 Å². The fraction of sp³-hybridized carbons (Fsp3) is 0.353. The van der Waals surface area contributed by atoms with Gasteiger partial charge in [-0.15, -0.1) is 0 Å². The predicted molar refractivity (Wildman–Crippen MR) is 88.0 cm³/mol. The van der Waals surface area contributed by atoms with Crippen molar-refractivity contribution in [2.45, 2.75) is 13.5 Å². The Morgan fingerprint density at radius 2 is 2.04 bits per heavy atom. The van der Waals surface area contributed by atoms with Gasteiger partial charge in [0.15, 0.2) is 11.6 Å². The van der Waals surface area contributed by atoms with Crippen molar-refractivity contribution in [3.63, 3.8) is 0 Å². The number of benzene rings is 1. The Labute approximate surface area is 140 Å². The van der Waals surface area contributed by atoms with Crippen LogP contribution in [-0.4, -0.2) is 47.5 Å². The first-order valence-corrected chi connectivity index (χ1v) is 7.77. The van der Waals surface area contributed by atoms with Crippen LogP contribution in [-0.2, 0) is 11.3 Å². The molecule has 0 bridgehead atoms. The molecule has 0 aliphatic carbocycles. The van der Waals surface area contributed by atoms with E-state index in [2.05, 4.69) is 15.0 Å². The lowest BCUT2D eigenvalue weighted by Gasteiger charge is -2.23. The van der Waals surface area contributed by atoms with Crippen molar-refractivity contribution in [3.8, 4) is 6.01 Å². The molecular formula is C17H19FN4O2. The molecule has 6 nitrogen and oxygen atoms in total. The van der Waals surface area contributed by atoms with Crippen molar-refractivity contribution in [1.29, 1.82) is 0 Å². The molecule has 0 spiro atoms. The van der Waals surface area contributed by atoms with E-state index in [9.17, 15) is 4.39 Å². The first-order valence-electron chi connectivity index (χ1n) is 7.77. The van der Waals surface area contributed by atoms with Gasteiger partial charge in [-0.2, -0.15) is 4.98 Å². The van der Waals surface area contributed by atoms with Gasteiger partial charge < -0.3 is 14.4 Å². The summed E-state index contributed by atoms with van der Waals surface area (Å²) in [4.78, 5) is 13.9. The summed E-state index contributed by atoms with van der Waals surface area (Å²) in [5.74, 6) is -0.613. The van der Waals surface area contributed by atoms with Gasteiger partial charge in [-0.3, -0.25) is 0 Å². The molecule has 7 heteroatoms. The highest BCUT2D eigenvalue weighted by atomic mass is 19.1.